The number of phenols is 3. The molecule has 0 saturated carbocycles. The largest absolute Gasteiger partial charge is 0.508 e. The van der Waals surface area contributed by atoms with E-state index in [1.165, 1.54) is 24.3 Å². The Balaban J connectivity index is 1.79. The van der Waals surface area contributed by atoms with Crippen molar-refractivity contribution in [3.63, 3.8) is 0 Å². The summed E-state index contributed by atoms with van der Waals surface area (Å²) in [6, 6.07) is 16.4. The molecule has 1 heterocycles. The van der Waals surface area contributed by atoms with Gasteiger partial charge >= 0.3 is 5.97 Å². The molecule has 150 valence electrons. The van der Waals surface area contributed by atoms with E-state index in [0.29, 0.717) is 11.1 Å². The number of carbonyl (C=O) groups excluding carboxylic acids is 2. The maximum atomic E-state index is 12.9. The summed E-state index contributed by atoms with van der Waals surface area (Å²) in [7, 11) is 0. The second-order valence-electron chi connectivity index (χ2n) is 6.96. The molecule has 1 atom stereocenters. The average molecular weight is 402 g/mol. The Bertz CT molecular complexity index is 1150. The summed E-state index contributed by atoms with van der Waals surface area (Å²) in [6.45, 7) is 0. The smallest absolute Gasteiger partial charge is 0.312 e. The molecular formula is C24H18O6. The molecule has 0 radical (unpaired) electrons. The van der Waals surface area contributed by atoms with Crippen molar-refractivity contribution in [2.45, 2.75) is 12.3 Å². The van der Waals surface area contributed by atoms with Crippen LogP contribution in [0.1, 0.15) is 39.4 Å². The van der Waals surface area contributed by atoms with Crippen LogP contribution in [-0.4, -0.2) is 27.1 Å². The Labute approximate surface area is 172 Å². The molecule has 0 amide bonds. The third-order valence-corrected chi connectivity index (χ3v) is 4.98. The molecule has 0 spiro atoms. The highest BCUT2D eigenvalue weighted by molar-refractivity contribution is 6.11. The van der Waals surface area contributed by atoms with Gasteiger partial charge in [0.05, 0.1) is 6.42 Å². The van der Waals surface area contributed by atoms with E-state index in [2.05, 4.69) is 0 Å². The van der Waals surface area contributed by atoms with Gasteiger partial charge in [0.2, 0.25) is 0 Å². The number of benzene rings is 3. The molecule has 6 nitrogen and oxygen atoms in total. The first-order valence-electron chi connectivity index (χ1n) is 9.30. The van der Waals surface area contributed by atoms with E-state index in [4.69, 9.17) is 4.74 Å². The molecular weight excluding hydrogens is 384 g/mol. The van der Waals surface area contributed by atoms with Gasteiger partial charge in [0.1, 0.15) is 22.8 Å². The summed E-state index contributed by atoms with van der Waals surface area (Å²) < 4.78 is 5.32. The molecule has 0 saturated heterocycles. The van der Waals surface area contributed by atoms with Crippen LogP contribution in [0.2, 0.25) is 0 Å². The van der Waals surface area contributed by atoms with Gasteiger partial charge < -0.3 is 20.1 Å². The lowest BCUT2D eigenvalue weighted by Crippen LogP contribution is -2.23. The van der Waals surface area contributed by atoms with Gasteiger partial charge in [-0.3, -0.25) is 9.59 Å². The molecule has 0 aromatic heterocycles. The topological polar surface area (TPSA) is 104 Å². The van der Waals surface area contributed by atoms with Crippen molar-refractivity contribution in [2.75, 3.05) is 0 Å². The molecule has 6 heteroatoms. The first-order chi connectivity index (χ1) is 14.4. The summed E-state index contributed by atoms with van der Waals surface area (Å²) >= 11 is 0. The predicted octanol–water partition coefficient (Wildman–Crippen LogP) is 4.14. The Morgan fingerprint density at radius 1 is 0.967 bits per heavy atom. The number of fused-ring (bicyclic) bond motifs is 1. The van der Waals surface area contributed by atoms with Crippen molar-refractivity contribution in [3.8, 4) is 23.0 Å². The fourth-order valence-electron chi connectivity index (χ4n) is 3.56. The average Bonchev–Trinajstić information content (AvgIpc) is 2.73. The van der Waals surface area contributed by atoms with E-state index in [0.717, 1.165) is 11.6 Å². The minimum atomic E-state index is -0.585. The lowest BCUT2D eigenvalue weighted by Gasteiger charge is -2.27. The number of hydrogen-bond acceptors (Lipinski definition) is 6. The van der Waals surface area contributed by atoms with Crippen LogP contribution >= 0.6 is 0 Å². The van der Waals surface area contributed by atoms with E-state index < -0.39 is 23.4 Å². The van der Waals surface area contributed by atoms with Crippen molar-refractivity contribution < 1.29 is 29.6 Å². The number of esters is 1. The van der Waals surface area contributed by atoms with Gasteiger partial charge in [0, 0.05) is 17.5 Å². The van der Waals surface area contributed by atoms with Gasteiger partial charge in [-0.15, -0.1) is 0 Å². The van der Waals surface area contributed by atoms with Gasteiger partial charge in [-0.1, -0.05) is 48.5 Å². The van der Waals surface area contributed by atoms with Crippen molar-refractivity contribution in [3.05, 3.63) is 89.0 Å². The van der Waals surface area contributed by atoms with E-state index in [9.17, 15) is 24.9 Å². The Hall–Kier alpha value is -4.06. The van der Waals surface area contributed by atoms with Gasteiger partial charge in [-0.2, -0.15) is 0 Å². The highest BCUT2D eigenvalue weighted by Crippen LogP contribution is 2.48. The molecule has 3 aromatic carbocycles. The fourth-order valence-corrected chi connectivity index (χ4v) is 3.56. The second-order valence-corrected chi connectivity index (χ2v) is 6.96. The van der Waals surface area contributed by atoms with E-state index in [-0.39, 0.29) is 29.2 Å². The normalized spacial score (nSPS) is 15.6. The van der Waals surface area contributed by atoms with Crippen LogP contribution in [0.25, 0.3) is 6.08 Å². The Kier molecular flexibility index (Phi) is 4.98. The zero-order valence-electron chi connectivity index (χ0n) is 15.8. The SMILES string of the molecule is O=C1CC(c2ccccc2)c2c(O)cc(O)c(C(=O)C=Cc3ccc(O)cc3)c2O1. The number of phenolic OH excluding ortho intramolecular Hbond substituents is 3. The van der Waals surface area contributed by atoms with Crippen molar-refractivity contribution in [1.82, 2.24) is 0 Å². The van der Waals surface area contributed by atoms with Crippen LogP contribution in [0.5, 0.6) is 23.0 Å². The predicted molar refractivity (Wildman–Crippen MR) is 110 cm³/mol. The summed E-state index contributed by atoms with van der Waals surface area (Å²) in [6.07, 6.45) is 2.75. The first kappa shape index (κ1) is 19.3. The highest BCUT2D eigenvalue weighted by atomic mass is 16.5. The second kappa shape index (κ2) is 7.75. The van der Waals surface area contributed by atoms with Crippen molar-refractivity contribution in [2.24, 2.45) is 0 Å². The Morgan fingerprint density at radius 2 is 1.67 bits per heavy atom. The molecule has 0 fully saturated rings. The zero-order chi connectivity index (χ0) is 21.3. The van der Waals surface area contributed by atoms with Crippen LogP contribution in [0.3, 0.4) is 0 Å². The van der Waals surface area contributed by atoms with Crippen LogP contribution in [0.15, 0.2) is 66.7 Å². The summed E-state index contributed by atoms with van der Waals surface area (Å²) in [5, 5.41) is 30.2. The van der Waals surface area contributed by atoms with Crippen molar-refractivity contribution >= 4 is 17.8 Å². The zero-order valence-corrected chi connectivity index (χ0v) is 15.8. The van der Waals surface area contributed by atoms with Crippen molar-refractivity contribution in [1.29, 1.82) is 0 Å². The maximum absolute atomic E-state index is 12.9. The number of ether oxygens (including phenoxy) is 1. The van der Waals surface area contributed by atoms with Gasteiger partial charge in [-0.05, 0) is 29.3 Å². The number of ketones is 1. The third-order valence-electron chi connectivity index (χ3n) is 4.98. The molecule has 3 N–H and O–H groups in total. The highest BCUT2D eigenvalue weighted by Gasteiger charge is 2.35. The lowest BCUT2D eigenvalue weighted by atomic mass is 9.84. The van der Waals surface area contributed by atoms with Gasteiger partial charge in [-0.25, -0.2) is 0 Å². The molecule has 0 aliphatic carbocycles. The van der Waals surface area contributed by atoms with Crippen LogP contribution in [0.4, 0.5) is 0 Å². The summed E-state index contributed by atoms with van der Waals surface area (Å²) in [4.78, 5) is 25.1. The molecule has 4 rings (SSSR count). The van der Waals surface area contributed by atoms with Crippen LogP contribution in [-0.2, 0) is 4.79 Å². The minimum absolute atomic E-state index is 0.00628. The lowest BCUT2D eigenvalue weighted by molar-refractivity contribution is -0.135. The number of rotatable bonds is 4. The van der Waals surface area contributed by atoms with E-state index in [1.807, 2.05) is 30.3 Å². The molecule has 1 unspecified atom stereocenters. The standard InChI is InChI=1S/C24H18O6/c25-16-9-6-14(7-10-16)8-11-18(26)23-20(28)13-19(27)22-17(12-21(29)30-24(22)23)15-4-2-1-3-5-15/h1-11,13,17,25,27-28H,12H2. The molecule has 0 bridgehead atoms. The number of aromatic hydroxyl groups is 3. The first-order valence-corrected chi connectivity index (χ1v) is 9.30. The molecule has 30 heavy (non-hydrogen) atoms. The Morgan fingerprint density at radius 3 is 2.37 bits per heavy atom. The molecule has 3 aromatic rings. The summed E-state index contributed by atoms with van der Waals surface area (Å²) in [5.74, 6) is -2.40. The fraction of sp³-hybridized carbons (Fsp3) is 0.0833. The monoisotopic (exact) mass is 402 g/mol. The summed E-state index contributed by atoms with van der Waals surface area (Å²) in [5.41, 5.74) is 1.55. The van der Waals surface area contributed by atoms with Crippen LogP contribution in [0, 0.1) is 0 Å². The molecule has 1 aliphatic heterocycles. The minimum Gasteiger partial charge on any atom is -0.508 e. The van der Waals surface area contributed by atoms with E-state index in [1.54, 1.807) is 12.1 Å². The van der Waals surface area contributed by atoms with Crippen LogP contribution < -0.4 is 4.74 Å². The number of hydrogen-bond donors (Lipinski definition) is 3. The third kappa shape index (κ3) is 3.63. The molecule has 1 aliphatic rings. The van der Waals surface area contributed by atoms with Gasteiger partial charge in [0.15, 0.2) is 11.5 Å². The maximum Gasteiger partial charge on any atom is 0.312 e. The number of allylic oxidation sites excluding steroid dienone is 1. The number of carbonyl (C=O) groups is 2. The van der Waals surface area contributed by atoms with Gasteiger partial charge in [0.25, 0.3) is 0 Å². The quantitative estimate of drug-likeness (QED) is 0.262. The van der Waals surface area contributed by atoms with E-state index >= 15 is 0 Å².